The van der Waals surface area contributed by atoms with Gasteiger partial charge in [-0.1, -0.05) is 36.4 Å². The van der Waals surface area contributed by atoms with Gasteiger partial charge >= 0.3 is 12.4 Å². The Kier molecular flexibility index (Phi) is 5.92. The molecule has 0 bridgehead atoms. The van der Waals surface area contributed by atoms with E-state index in [1.54, 1.807) is 28.9 Å². The lowest BCUT2D eigenvalue weighted by atomic mass is 9.94. The molecule has 10 heteroatoms. The average molecular weight is 482 g/mol. The summed E-state index contributed by atoms with van der Waals surface area (Å²) in [7, 11) is 0. The van der Waals surface area contributed by atoms with Gasteiger partial charge in [0.1, 0.15) is 0 Å². The van der Waals surface area contributed by atoms with Crippen LogP contribution in [0, 0.1) is 0 Å². The molecule has 3 nitrogen and oxygen atoms in total. The fraction of sp³-hybridized carbons (Fsp3) is 0.174. The van der Waals surface area contributed by atoms with E-state index in [4.69, 9.17) is 0 Å². The summed E-state index contributed by atoms with van der Waals surface area (Å²) >= 11 is 0.299. The zero-order valence-corrected chi connectivity index (χ0v) is 17.5. The highest BCUT2D eigenvalue weighted by molar-refractivity contribution is 7.99. The van der Waals surface area contributed by atoms with Crippen LogP contribution in [-0.2, 0) is 11.8 Å². The molecule has 4 rings (SSSR count). The van der Waals surface area contributed by atoms with Gasteiger partial charge in [-0.05, 0) is 42.0 Å². The van der Waals surface area contributed by atoms with Crippen molar-refractivity contribution in [2.45, 2.75) is 22.8 Å². The molecule has 1 heterocycles. The fourth-order valence-electron chi connectivity index (χ4n) is 3.40. The molecule has 1 N–H and O–H groups in total. The molecule has 0 aliphatic carbocycles. The zero-order chi connectivity index (χ0) is 23.9. The lowest BCUT2D eigenvalue weighted by Crippen LogP contribution is -2.44. The molecule has 0 saturated heterocycles. The predicted octanol–water partition coefficient (Wildman–Crippen LogP) is 6.59. The van der Waals surface area contributed by atoms with Gasteiger partial charge in [0.2, 0.25) is 0 Å². The van der Waals surface area contributed by atoms with E-state index >= 15 is 0 Å². The van der Waals surface area contributed by atoms with Crippen LogP contribution in [0.4, 0.5) is 26.3 Å². The maximum Gasteiger partial charge on any atom is 0.422 e. The van der Waals surface area contributed by atoms with Crippen LogP contribution in [0.2, 0.25) is 0 Å². The highest BCUT2D eigenvalue weighted by Gasteiger charge is 2.55. The van der Waals surface area contributed by atoms with Crippen LogP contribution in [0.1, 0.15) is 11.1 Å². The van der Waals surface area contributed by atoms with Crippen LogP contribution >= 0.6 is 11.8 Å². The molecular weight excluding hydrogens is 466 g/mol. The largest absolute Gasteiger partial charge is 0.422 e. The molecule has 0 spiro atoms. The van der Waals surface area contributed by atoms with E-state index < -0.39 is 39.7 Å². The van der Waals surface area contributed by atoms with Crippen LogP contribution in [0.15, 0.2) is 83.9 Å². The number of fused-ring (bicyclic) bond motifs is 1. The Hall–Kier alpha value is -2.98. The Balaban J connectivity index is 1.71. The van der Waals surface area contributed by atoms with Gasteiger partial charge in [0.25, 0.3) is 0 Å². The lowest BCUT2D eigenvalue weighted by molar-refractivity contribution is -0.256. The molecule has 0 amide bonds. The maximum absolute atomic E-state index is 14.0. The van der Waals surface area contributed by atoms with Gasteiger partial charge in [-0.2, -0.15) is 31.4 Å². The van der Waals surface area contributed by atoms with Gasteiger partial charge in [0.05, 0.1) is 23.0 Å². The minimum atomic E-state index is -5.13. The van der Waals surface area contributed by atoms with Crippen LogP contribution < -0.4 is 0 Å². The van der Waals surface area contributed by atoms with E-state index in [-0.39, 0.29) is 0 Å². The number of aromatic nitrogens is 2. The molecule has 3 aromatic carbocycles. The SMILES string of the molecule is OC(CSc1ccccc1C(F)(F)F)(c1ccc2c(cnn2-c2ccccc2)c1)C(F)(F)F. The van der Waals surface area contributed by atoms with Crippen molar-refractivity contribution in [2.75, 3.05) is 5.75 Å². The highest BCUT2D eigenvalue weighted by atomic mass is 32.2. The van der Waals surface area contributed by atoms with E-state index in [1.807, 2.05) is 6.07 Å². The first-order valence-electron chi connectivity index (χ1n) is 9.62. The van der Waals surface area contributed by atoms with Gasteiger partial charge in [-0.25, -0.2) is 4.68 Å². The molecule has 1 unspecified atom stereocenters. The van der Waals surface area contributed by atoms with E-state index in [2.05, 4.69) is 5.10 Å². The number of hydrogen-bond donors (Lipinski definition) is 1. The van der Waals surface area contributed by atoms with Crippen molar-refractivity contribution >= 4 is 22.7 Å². The van der Waals surface area contributed by atoms with Gasteiger partial charge in [-0.3, -0.25) is 0 Å². The number of halogens is 6. The normalized spacial score (nSPS) is 14.4. The highest BCUT2D eigenvalue weighted by Crippen LogP contribution is 2.45. The molecule has 4 aromatic rings. The van der Waals surface area contributed by atoms with Gasteiger partial charge in [0.15, 0.2) is 5.60 Å². The van der Waals surface area contributed by atoms with Crippen LogP contribution in [0.25, 0.3) is 16.6 Å². The molecule has 0 fully saturated rings. The zero-order valence-electron chi connectivity index (χ0n) is 16.7. The third-order valence-corrected chi connectivity index (χ3v) is 6.37. The summed E-state index contributed by atoms with van der Waals surface area (Å²) in [5.41, 5.74) is -3.69. The van der Waals surface area contributed by atoms with Crippen LogP contribution in [0.5, 0.6) is 0 Å². The Morgan fingerprint density at radius 2 is 1.52 bits per heavy atom. The molecule has 0 saturated carbocycles. The van der Waals surface area contributed by atoms with E-state index in [0.29, 0.717) is 28.4 Å². The Labute approximate surface area is 188 Å². The quantitative estimate of drug-likeness (QED) is 0.258. The van der Waals surface area contributed by atoms with Crippen molar-refractivity contribution in [3.05, 3.63) is 90.1 Å². The van der Waals surface area contributed by atoms with Crippen LogP contribution in [0.3, 0.4) is 0 Å². The molecule has 33 heavy (non-hydrogen) atoms. The fourth-order valence-corrected chi connectivity index (χ4v) is 4.61. The molecule has 1 atom stereocenters. The van der Waals surface area contributed by atoms with Crippen molar-refractivity contribution in [3.63, 3.8) is 0 Å². The summed E-state index contributed by atoms with van der Waals surface area (Å²) in [6.45, 7) is 0. The third kappa shape index (κ3) is 4.45. The Morgan fingerprint density at radius 1 is 0.848 bits per heavy atom. The average Bonchev–Trinajstić information content (AvgIpc) is 3.20. The minimum absolute atomic E-state index is 0.299. The van der Waals surface area contributed by atoms with Crippen molar-refractivity contribution in [1.29, 1.82) is 0 Å². The Morgan fingerprint density at radius 3 is 2.18 bits per heavy atom. The molecule has 172 valence electrons. The monoisotopic (exact) mass is 482 g/mol. The van der Waals surface area contributed by atoms with Crippen molar-refractivity contribution < 1.29 is 31.4 Å². The van der Waals surface area contributed by atoms with E-state index in [9.17, 15) is 31.4 Å². The third-order valence-electron chi connectivity index (χ3n) is 5.14. The number of hydrogen-bond acceptors (Lipinski definition) is 3. The van der Waals surface area contributed by atoms with Crippen molar-refractivity contribution in [1.82, 2.24) is 9.78 Å². The summed E-state index contributed by atoms with van der Waals surface area (Å²) < 4.78 is 83.2. The maximum atomic E-state index is 14.0. The minimum Gasteiger partial charge on any atom is -0.376 e. The lowest BCUT2D eigenvalue weighted by Gasteiger charge is -2.31. The number of aliphatic hydroxyl groups is 1. The summed E-state index contributed by atoms with van der Waals surface area (Å²) in [4.78, 5) is -0.398. The van der Waals surface area contributed by atoms with Gasteiger partial charge in [0, 0.05) is 16.0 Å². The predicted molar refractivity (Wildman–Crippen MR) is 113 cm³/mol. The summed E-state index contributed by atoms with van der Waals surface area (Å²) in [5, 5.41) is 15.3. The first-order chi connectivity index (χ1) is 15.5. The number of para-hydroxylation sites is 1. The van der Waals surface area contributed by atoms with E-state index in [0.717, 1.165) is 30.3 Å². The summed E-state index contributed by atoms with van der Waals surface area (Å²) in [6, 6.07) is 16.9. The standard InChI is InChI=1S/C23H16F6N2OS/c24-22(25,26)18-8-4-5-9-20(18)33-14-21(32,23(27,28)29)16-10-11-19-15(12-16)13-30-31(19)17-6-2-1-3-7-17/h1-13,32H,14H2. The molecule has 0 aliphatic heterocycles. The second kappa shape index (κ2) is 8.42. The topological polar surface area (TPSA) is 38.1 Å². The van der Waals surface area contributed by atoms with Crippen LogP contribution in [-0.4, -0.2) is 26.8 Å². The molecule has 0 aliphatic rings. The summed E-state index contributed by atoms with van der Waals surface area (Å²) in [5.74, 6) is -1.05. The first-order valence-corrected chi connectivity index (χ1v) is 10.6. The molecule has 0 radical (unpaired) electrons. The molecule has 1 aromatic heterocycles. The summed E-state index contributed by atoms with van der Waals surface area (Å²) in [6.07, 6.45) is -8.49. The van der Waals surface area contributed by atoms with Crippen molar-refractivity contribution in [3.8, 4) is 5.69 Å². The second-order valence-electron chi connectivity index (χ2n) is 7.31. The second-order valence-corrected chi connectivity index (χ2v) is 8.32. The first kappa shape index (κ1) is 23.2. The van der Waals surface area contributed by atoms with E-state index in [1.165, 1.54) is 18.3 Å². The van der Waals surface area contributed by atoms with Gasteiger partial charge < -0.3 is 5.11 Å². The number of alkyl halides is 6. The smallest absolute Gasteiger partial charge is 0.376 e. The number of thioether (sulfide) groups is 1. The van der Waals surface area contributed by atoms with Gasteiger partial charge in [-0.15, -0.1) is 11.8 Å². The number of benzene rings is 3. The Bertz CT molecular complexity index is 1270. The molecular formula is C23H16F6N2OS. The number of rotatable bonds is 5. The number of nitrogens with zero attached hydrogens (tertiary/aromatic N) is 2. The van der Waals surface area contributed by atoms with Crippen molar-refractivity contribution in [2.24, 2.45) is 0 Å².